The maximum atomic E-state index is 12.9. The van der Waals surface area contributed by atoms with Crippen molar-refractivity contribution in [2.24, 2.45) is 0 Å². The second kappa shape index (κ2) is 6.51. The van der Waals surface area contributed by atoms with Crippen LogP contribution in [0.3, 0.4) is 0 Å². The molecule has 6 heteroatoms. The van der Waals surface area contributed by atoms with Gasteiger partial charge in [-0.15, -0.1) is 0 Å². The van der Waals surface area contributed by atoms with Crippen LogP contribution < -0.4 is 14.7 Å². The fraction of sp³-hybridized carbons (Fsp3) is 0.0526. The molecule has 0 fully saturated rings. The first-order valence-corrected chi connectivity index (χ1v) is 10.3. The third-order valence-electron chi connectivity index (χ3n) is 3.76. The number of anilines is 2. The van der Waals surface area contributed by atoms with E-state index in [1.54, 1.807) is 11.8 Å². The van der Waals surface area contributed by atoms with Gasteiger partial charge in [-0.1, -0.05) is 47.7 Å². The highest BCUT2D eigenvalue weighted by molar-refractivity contribution is 7.99. The molecule has 3 aromatic rings. The molecule has 0 bridgehead atoms. The maximum absolute atomic E-state index is 12.9. The predicted molar refractivity (Wildman–Crippen MR) is 104 cm³/mol. The van der Waals surface area contributed by atoms with Crippen molar-refractivity contribution in [3.63, 3.8) is 0 Å². The van der Waals surface area contributed by atoms with Gasteiger partial charge in [0.05, 0.1) is 11.4 Å². The van der Waals surface area contributed by atoms with Gasteiger partial charge in [0.15, 0.2) is 0 Å². The van der Waals surface area contributed by atoms with E-state index >= 15 is 0 Å². The van der Waals surface area contributed by atoms with Crippen molar-refractivity contribution in [3.8, 4) is 5.75 Å². The molecule has 3 aromatic carbocycles. The topological polar surface area (TPSA) is 50.4 Å². The molecule has 1 atom stereocenters. The Kier molecular flexibility index (Phi) is 4.20. The van der Waals surface area contributed by atoms with E-state index < -0.39 is 7.67 Å². The van der Waals surface area contributed by atoms with Crippen molar-refractivity contribution in [2.45, 2.75) is 16.7 Å². The Balaban J connectivity index is 1.52. The average molecular weight is 368 g/mol. The molecular weight excluding hydrogens is 351 g/mol. The minimum absolute atomic E-state index is 0.570. The van der Waals surface area contributed by atoms with E-state index in [-0.39, 0.29) is 0 Å². The lowest BCUT2D eigenvalue weighted by molar-refractivity contribution is 0.494. The average Bonchev–Trinajstić information content (AvgIpc) is 2.93. The van der Waals surface area contributed by atoms with Gasteiger partial charge in [-0.05, 0) is 49.4 Å². The van der Waals surface area contributed by atoms with Crippen LogP contribution in [-0.2, 0) is 4.57 Å². The molecule has 1 aliphatic heterocycles. The highest BCUT2D eigenvalue weighted by atomic mass is 32.2. The van der Waals surface area contributed by atoms with Crippen molar-refractivity contribution in [1.82, 2.24) is 0 Å². The van der Waals surface area contributed by atoms with Crippen molar-refractivity contribution in [3.05, 3.63) is 78.4 Å². The standard InChI is InChI=1S/C19H17N2O2PS/c1-14-7-9-15(10-8-14)23-24(22)20-18-12-11-17(13-19(18)21-24)25-16-5-3-2-4-6-16/h2-13H,1H3,(H2,20,21,22). The summed E-state index contributed by atoms with van der Waals surface area (Å²) >= 11 is 1.66. The molecule has 0 radical (unpaired) electrons. The molecule has 0 saturated heterocycles. The summed E-state index contributed by atoms with van der Waals surface area (Å²) in [5, 5.41) is 5.99. The lowest BCUT2D eigenvalue weighted by atomic mass is 10.2. The fourth-order valence-electron chi connectivity index (χ4n) is 2.54. The molecule has 0 amide bonds. The highest BCUT2D eigenvalue weighted by Crippen LogP contribution is 2.55. The molecule has 2 N–H and O–H groups in total. The summed E-state index contributed by atoms with van der Waals surface area (Å²) in [6.45, 7) is 2.00. The first-order chi connectivity index (χ1) is 12.1. The summed E-state index contributed by atoms with van der Waals surface area (Å²) in [5.41, 5.74) is 2.70. The number of hydrogen-bond acceptors (Lipinski definition) is 3. The molecule has 0 aliphatic carbocycles. The van der Waals surface area contributed by atoms with Gasteiger partial charge in [-0.2, -0.15) is 0 Å². The molecule has 1 unspecified atom stereocenters. The van der Waals surface area contributed by atoms with Crippen LogP contribution in [-0.4, -0.2) is 0 Å². The van der Waals surface area contributed by atoms with Crippen LogP contribution in [0, 0.1) is 6.92 Å². The Morgan fingerprint density at radius 3 is 2.32 bits per heavy atom. The van der Waals surface area contributed by atoms with Gasteiger partial charge in [0, 0.05) is 9.79 Å². The number of aryl methyl sites for hydroxylation is 1. The Morgan fingerprint density at radius 1 is 0.840 bits per heavy atom. The largest absolute Gasteiger partial charge is 0.444 e. The van der Waals surface area contributed by atoms with Gasteiger partial charge in [0.25, 0.3) is 0 Å². The molecule has 126 valence electrons. The normalized spacial score (nSPS) is 18.1. The van der Waals surface area contributed by atoms with E-state index in [4.69, 9.17) is 4.52 Å². The molecule has 4 nitrogen and oxygen atoms in total. The van der Waals surface area contributed by atoms with Gasteiger partial charge in [-0.3, -0.25) is 10.2 Å². The molecule has 1 heterocycles. The first-order valence-electron chi connectivity index (χ1n) is 7.89. The highest BCUT2D eigenvalue weighted by Gasteiger charge is 2.33. The van der Waals surface area contributed by atoms with E-state index in [1.807, 2.05) is 67.6 Å². The third kappa shape index (κ3) is 3.68. The maximum Gasteiger partial charge on any atom is 0.444 e. The van der Waals surface area contributed by atoms with Crippen LogP contribution in [0.1, 0.15) is 5.56 Å². The Labute approximate surface area is 151 Å². The molecular formula is C19H17N2O2PS. The molecule has 1 aliphatic rings. The number of hydrogen-bond donors (Lipinski definition) is 2. The van der Waals surface area contributed by atoms with Gasteiger partial charge in [0.2, 0.25) is 0 Å². The van der Waals surface area contributed by atoms with E-state index in [0.717, 1.165) is 26.7 Å². The van der Waals surface area contributed by atoms with E-state index in [2.05, 4.69) is 22.3 Å². The SMILES string of the molecule is Cc1ccc(OP2(=O)Nc3ccc(Sc4ccccc4)cc3N2)cc1. The smallest absolute Gasteiger partial charge is 0.414 e. The second-order valence-electron chi connectivity index (χ2n) is 5.80. The van der Waals surface area contributed by atoms with Gasteiger partial charge in [0.1, 0.15) is 5.75 Å². The lowest BCUT2D eigenvalue weighted by Crippen LogP contribution is -2.03. The molecule has 0 spiro atoms. The minimum Gasteiger partial charge on any atom is -0.414 e. The molecule has 0 saturated carbocycles. The van der Waals surface area contributed by atoms with Crippen LogP contribution in [0.25, 0.3) is 0 Å². The van der Waals surface area contributed by atoms with Crippen LogP contribution in [0.4, 0.5) is 11.4 Å². The number of nitrogens with one attached hydrogen (secondary N) is 2. The van der Waals surface area contributed by atoms with E-state index in [1.165, 1.54) is 0 Å². The zero-order valence-corrected chi connectivity index (χ0v) is 15.3. The Hall–Kier alpha value is -2.36. The first kappa shape index (κ1) is 16.1. The van der Waals surface area contributed by atoms with Crippen molar-refractivity contribution < 1.29 is 9.09 Å². The number of rotatable bonds is 4. The van der Waals surface area contributed by atoms with Gasteiger partial charge in [-0.25, -0.2) is 4.57 Å². The predicted octanol–water partition coefficient (Wildman–Crippen LogP) is 6.17. The number of benzene rings is 3. The zero-order chi connectivity index (χ0) is 17.3. The third-order valence-corrected chi connectivity index (χ3v) is 6.30. The van der Waals surface area contributed by atoms with Crippen molar-refractivity contribution in [1.29, 1.82) is 0 Å². The summed E-state index contributed by atoms with van der Waals surface area (Å²) in [7, 11) is -3.20. The summed E-state index contributed by atoms with van der Waals surface area (Å²) < 4.78 is 18.6. The second-order valence-corrected chi connectivity index (χ2v) is 8.68. The van der Waals surface area contributed by atoms with Gasteiger partial charge < -0.3 is 4.52 Å². The summed E-state index contributed by atoms with van der Waals surface area (Å²) in [5.74, 6) is 0.570. The summed E-state index contributed by atoms with van der Waals surface area (Å²) in [4.78, 5) is 2.23. The van der Waals surface area contributed by atoms with Crippen molar-refractivity contribution in [2.75, 3.05) is 10.2 Å². The molecule has 25 heavy (non-hydrogen) atoms. The fourth-order valence-corrected chi connectivity index (χ4v) is 5.00. The quantitative estimate of drug-likeness (QED) is 0.539. The van der Waals surface area contributed by atoms with Crippen LogP contribution in [0.5, 0.6) is 5.75 Å². The Bertz CT molecular complexity index is 945. The van der Waals surface area contributed by atoms with E-state index in [9.17, 15) is 4.57 Å². The number of fused-ring (bicyclic) bond motifs is 1. The molecule has 4 rings (SSSR count). The lowest BCUT2D eigenvalue weighted by Gasteiger charge is -2.14. The zero-order valence-electron chi connectivity index (χ0n) is 13.6. The molecule has 0 aromatic heterocycles. The van der Waals surface area contributed by atoms with Crippen LogP contribution in [0.15, 0.2) is 82.6 Å². The minimum atomic E-state index is -3.20. The Morgan fingerprint density at radius 2 is 1.56 bits per heavy atom. The van der Waals surface area contributed by atoms with Crippen LogP contribution in [0.2, 0.25) is 0 Å². The summed E-state index contributed by atoms with van der Waals surface area (Å²) in [6, 6.07) is 23.6. The van der Waals surface area contributed by atoms with Crippen molar-refractivity contribution >= 4 is 30.8 Å². The summed E-state index contributed by atoms with van der Waals surface area (Å²) in [6.07, 6.45) is 0. The van der Waals surface area contributed by atoms with Crippen LogP contribution >= 0.6 is 19.4 Å². The van der Waals surface area contributed by atoms with E-state index in [0.29, 0.717) is 5.75 Å². The van der Waals surface area contributed by atoms with Gasteiger partial charge >= 0.3 is 7.67 Å². The monoisotopic (exact) mass is 368 g/mol.